The molecule has 0 bridgehead atoms. The summed E-state index contributed by atoms with van der Waals surface area (Å²) in [5.74, 6) is -0.0820. The van der Waals surface area contributed by atoms with Crippen LogP contribution in [-0.2, 0) is 17.7 Å². The van der Waals surface area contributed by atoms with Crippen LogP contribution < -0.4 is 0 Å². The summed E-state index contributed by atoms with van der Waals surface area (Å²) < 4.78 is 5.69. The van der Waals surface area contributed by atoms with Gasteiger partial charge < -0.3 is 14.7 Å². The number of hydrogen-bond donors (Lipinski definition) is 1. The Hall–Kier alpha value is -2.33. The lowest BCUT2D eigenvalue weighted by Crippen LogP contribution is -2.47. The molecule has 1 N–H and O–H groups in total. The normalized spacial score (nSPS) is 13.7. The maximum atomic E-state index is 13.0. The van der Waals surface area contributed by atoms with Crippen LogP contribution in [0.1, 0.15) is 38.8 Å². The van der Waals surface area contributed by atoms with Crippen molar-refractivity contribution in [3.8, 4) is 0 Å². The van der Waals surface area contributed by atoms with E-state index in [1.807, 2.05) is 88.4 Å². The van der Waals surface area contributed by atoms with Crippen LogP contribution in [0.4, 0.5) is 4.79 Å². The molecule has 0 aliphatic heterocycles. The molecule has 2 aromatic carbocycles. The van der Waals surface area contributed by atoms with Crippen molar-refractivity contribution in [2.24, 2.45) is 5.92 Å². The predicted octanol–water partition coefficient (Wildman–Crippen LogP) is 4.66. The monoisotopic (exact) mass is 369 g/mol. The highest BCUT2D eigenvalue weighted by molar-refractivity contribution is 5.68. The summed E-state index contributed by atoms with van der Waals surface area (Å²) in [6.45, 7) is 8.02. The molecule has 146 valence electrons. The number of aliphatic hydroxyl groups excluding tert-OH is 1. The van der Waals surface area contributed by atoms with Crippen molar-refractivity contribution < 1.29 is 14.6 Å². The number of carbonyl (C=O) groups excluding carboxylic acids is 1. The van der Waals surface area contributed by atoms with Crippen molar-refractivity contribution >= 4 is 6.09 Å². The largest absolute Gasteiger partial charge is 0.444 e. The lowest BCUT2D eigenvalue weighted by Gasteiger charge is -2.36. The zero-order chi connectivity index (χ0) is 19.9. The topological polar surface area (TPSA) is 49.8 Å². The molecule has 0 aliphatic carbocycles. The number of carbonyl (C=O) groups is 1. The summed E-state index contributed by atoms with van der Waals surface area (Å²) in [7, 11) is 0. The summed E-state index contributed by atoms with van der Waals surface area (Å²) in [6.07, 6.45) is 0.307. The highest BCUT2D eigenvalue weighted by atomic mass is 16.6. The number of nitrogens with zero attached hydrogens (tertiary/aromatic N) is 1. The summed E-state index contributed by atoms with van der Waals surface area (Å²) in [5.41, 5.74) is 1.59. The number of aliphatic hydroxyl groups is 1. The van der Waals surface area contributed by atoms with Crippen LogP contribution in [-0.4, -0.2) is 34.3 Å². The van der Waals surface area contributed by atoms with Gasteiger partial charge in [-0.05, 0) is 38.3 Å². The standard InChI is InChI=1S/C23H31NO3/c1-18(17-25)21(15-19-11-7-5-8-12-19)24(22(26)27-23(2,3)4)16-20-13-9-6-10-14-20/h5-14,18,21,25H,15-17H2,1-4H3/t18-,21+/m1/s1. The van der Waals surface area contributed by atoms with E-state index < -0.39 is 5.60 Å². The molecule has 0 spiro atoms. The van der Waals surface area contributed by atoms with Crippen LogP contribution >= 0.6 is 0 Å². The minimum atomic E-state index is -0.578. The fourth-order valence-corrected chi connectivity index (χ4v) is 3.01. The Bertz CT molecular complexity index is 695. The molecule has 0 fully saturated rings. The minimum Gasteiger partial charge on any atom is -0.444 e. The van der Waals surface area contributed by atoms with E-state index in [1.54, 1.807) is 4.90 Å². The van der Waals surface area contributed by atoms with Gasteiger partial charge in [-0.25, -0.2) is 4.79 Å². The maximum absolute atomic E-state index is 13.0. The Labute approximate surface area is 162 Å². The molecule has 0 saturated carbocycles. The number of amides is 1. The number of benzene rings is 2. The fourth-order valence-electron chi connectivity index (χ4n) is 3.01. The first-order valence-corrected chi connectivity index (χ1v) is 9.48. The Morgan fingerprint density at radius 3 is 2.00 bits per heavy atom. The fraction of sp³-hybridized carbons (Fsp3) is 0.435. The molecule has 0 radical (unpaired) electrons. The van der Waals surface area contributed by atoms with Gasteiger partial charge in [-0.2, -0.15) is 0 Å². The van der Waals surface area contributed by atoms with Crippen molar-refractivity contribution in [2.75, 3.05) is 6.61 Å². The van der Waals surface area contributed by atoms with E-state index in [9.17, 15) is 9.90 Å². The molecule has 0 heterocycles. The van der Waals surface area contributed by atoms with Crippen LogP contribution in [0.2, 0.25) is 0 Å². The van der Waals surface area contributed by atoms with E-state index in [-0.39, 0.29) is 24.7 Å². The average Bonchev–Trinajstić information content (AvgIpc) is 2.64. The SMILES string of the molecule is C[C@H](CO)[C@H](Cc1ccccc1)N(Cc1ccccc1)C(=O)OC(C)(C)C. The van der Waals surface area contributed by atoms with Crippen molar-refractivity contribution in [1.29, 1.82) is 0 Å². The van der Waals surface area contributed by atoms with Gasteiger partial charge in [0, 0.05) is 25.1 Å². The molecular formula is C23H31NO3. The zero-order valence-corrected chi connectivity index (χ0v) is 16.8. The first-order valence-electron chi connectivity index (χ1n) is 9.48. The molecule has 1 amide bonds. The Morgan fingerprint density at radius 2 is 1.52 bits per heavy atom. The zero-order valence-electron chi connectivity index (χ0n) is 16.8. The van der Waals surface area contributed by atoms with Crippen molar-refractivity contribution in [3.05, 3.63) is 71.8 Å². The molecule has 0 aromatic heterocycles. The Kier molecular flexibility index (Phi) is 7.43. The van der Waals surface area contributed by atoms with Crippen LogP contribution in [0.5, 0.6) is 0 Å². The van der Waals surface area contributed by atoms with Crippen molar-refractivity contribution in [3.63, 3.8) is 0 Å². The van der Waals surface area contributed by atoms with E-state index in [1.165, 1.54) is 0 Å². The lowest BCUT2D eigenvalue weighted by atomic mass is 9.93. The number of hydrogen-bond acceptors (Lipinski definition) is 3. The Morgan fingerprint density at radius 1 is 1.00 bits per heavy atom. The van der Waals surface area contributed by atoms with Gasteiger partial charge in [-0.1, -0.05) is 67.6 Å². The van der Waals surface area contributed by atoms with Gasteiger partial charge in [0.15, 0.2) is 0 Å². The third-order valence-corrected chi connectivity index (χ3v) is 4.46. The predicted molar refractivity (Wildman–Crippen MR) is 108 cm³/mol. The maximum Gasteiger partial charge on any atom is 0.410 e. The van der Waals surface area contributed by atoms with Crippen molar-refractivity contribution in [1.82, 2.24) is 4.90 Å². The minimum absolute atomic E-state index is 0.00554. The first-order chi connectivity index (χ1) is 12.8. The second kappa shape index (κ2) is 9.56. The van der Waals surface area contributed by atoms with Gasteiger partial charge in [-0.15, -0.1) is 0 Å². The molecule has 4 heteroatoms. The average molecular weight is 370 g/mol. The highest BCUT2D eigenvalue weighted by Gasteiger charge is 2.31. The third kappa shape index (κ3) is 6.72. The van der Waals surface area contributed by atoms with Crippen LogP contribution in [0, 0.1) is 5.92 Å². The second-order valence-electron chi connectivity index (χ2n) is 8.01. The van der Waals surface area contributed by atoms with Gasteiger partial charge >= 0.3 is 6.09 Å². The molecule has 0 unspecified atom stereocenters. The molecule has 2 atom stereocenters. The summed E-state index contributed by atoms with van der Waals surface area (Å²) >= 11 is 0. The summed E-state index contributed by atoms with van der Waals surface area (Å²) in [4.78, 5) is 14.8. The smallest absolute Gasteiger partial charge is 0.410 e. The van der Waals surface area contributed by atoms with Gasteiger partial charge in [0.05, 0.1) is 0 Å². The van der Waals surface area contributed by atoms with Gasteiger partial charge in [0.25, 0.3) is 0 Å². The Balaban J connectivity index is 2.34. The van der Waals surface area contributed by atoms with E-state index >= 15 is 0 Å². The molecule has 27 heavy (non-hydrogen) atoms. The van der Waals surface area contributed by atoms with Crippen LogP contribution in [0.3, 0.4) is 0 Å². The van der Waals surface area contributed by atoms with Crippen molar-refractivity contribution in [2.45, 2.75) is 52.3 Å². The van der Waals surface area contributed by atoms with Crippen LogP contribution in [0.15, 0.2) is 60.7 Å². The van der Waals surface area contributed by atoms with E-state index in [2.05, 4.69) is 0 Å². The number of rotatable bonds is 7. The molecule has 4 nitrogen and oxygen atoms in total. The number of ether oxygens (including phenoxy) is 1. The lowest BCUT2D eigenvalue weighted by molar-refractivity contribution is 0.00410. The quantitative estimate of drug-likeness (QED) is 0.772. The molecule has 0 saturated heterocycles. The van der Waals surface area contributed by atoms with Gasteiger partial charge in [0.1, 0.15) is 5.60 Å². The van der Waals surface area contributed by atoms with E-state index in [0.29, 0.717) is 13.0 Å². The van der Waals surface area contributed by atoms with Gasteiger partial charge in [0.2, 0.25) is 0 Å². The third-order valence-electron chi connectivity index (χ3n) is 4.46. The second-order valence-corrected chi connectivity index (χ2v) is 8.01. The summed E-state index contributed by atoms with van der Waals surface area (Å²) in [5, 5.41) is 9.83. The van der Waals surface area contributed by atoms with E-state index in [4.69, 9.17) is 4.74 Å². The molecule has 0 aliphatic rings. The highest BCUT2D eigenvalue weighted by Crippen LogP contribution is 2.22. The molecular weight excluding hydrogens is 338 g/mol. The summed E-state index contributed by atoms with van der Waals surface area (Å²) in [6, 6.07) is 19.8. The van der Waals surface area contributed by atoms with Gasteiger partial charge in [-0.3, -0.25) is 0 Å². The van der Waals surface area contributed by atoms with E-state index in [0.717, 1.165) is 11.1 Å². The first kappa shape index (κ1) is 21.0. The molecule has 2 rings (SSSR count). The molecule has 2 aromatic rings. The van der Waals surface area contributed by atoms with Crippen LogP contribution in [0.25, 0.3) is 0 Å².